The van der Waals surface area contributed by atoms with Crippen molar-refractivity contribution in [3.63, 3.8) is 0 Å². The number of hydrogen-bond acceptors (Lipinski definition) is 1. The Bertz CT molecular complexity index is 752. The summed E-state index contributed by atoms with van der Waals surface area (Å²) in [5.74, 6) is -2.43. The second-order valence-corrected chi connectivity index (χ2v) is 5.10. The smallest absolute Gasteiger partial charge is 0.273 e. The van der Waals surface area contributed by atoms with Gasteiger partial charge in [0, 0.05) is 24.0 Å². The topological polar surface area (TPSA) is 34.0 Å². The average Bonchev–Trinajstić information content (AvgIpc) is 2.78. The maximum Gasteiger partial charge on any atom is 0.273 e. The zero-order chi connectivity index (χ0) is 15.0. The van der Waals surface area contributed by atoms with Crippen LogP contribution in [0.25, 0.3) is 6.08 Å². The Labute approximate surface area is 124 Å². The van der Waals surface area contributed by atoms with Crippen LogP contribution in [0.3, 0.4) is 0 Å². The van der Waals surface area contributed by atoms with Gasteiger partial charge >= 0.3 is 0 Å². The lowest BCUT2D eigenvalue weighted by Crippen LogP contribution is -2.19. The molecular formula is C15H11ClF2N2O. The fourth-order valence-corrected chi connectivity index (χ4v) is 2.62. The summed E-state index contributed by atoms with van der Waals surface area (Å²) in [6, 6.07) is 4.89. The maximum atomic E-state index is 13.2. The first-order chi connectivity index (χ1) is 10.1. The molecule has 2 aromatic rings. The third-order valence-corrected chi connectivity index (χ3v) is 3.57. The van der Waals surface area contributed by atoms with Crippen molar-refractivity contribution >= 4 is 29.3 Å². The van der Waals surface area contributed by atoms with Crippen molar-refractivity contribution < 1.29 is 13.6 Å². The van der Waals surface area contributed by atoms with E-state index in [1.54, 1.807) is 10.6 Å². The van der Waals surface area contributed by atoms with E-state index in [0.717, 1.165) is 24.2 Å². The number of halogens is 3. The number of carbonyl (C=O) groups is 1. The number of nitrogens with one attached hydrogen (secondary N) is 1. The molecular weight excluding hydrogens is 298 g/mol. The summed E-state index contributed by atoms with van der Waals surface area (Å²) in [7, 11) is 0. The molecule has 21 heavy (non-hydrogen) atoms. The fourth-order valence-electron chi connectivity index (χ4n) is 2.32. The van der Waals surface area contributed by atoms with Gasteiger partial charge < -0.3 is 9.88 Å². The molecule has 2 heterocycles. The first-order valence-electron chi connectivity index (χ1n) is 6.38. The summed E-state index contributed by atoms with van der Waals surface area (Å²) in [6.07, 6.45) is 4.70. The second kappa shape index (κ2) is 5.33. The molecule has 1 aliphatic rings. The van der Waals surface area contributed by atoms with Crippen LogP contribution in [0, 0.1) is 11.6 Å². The molecule has 0 atom stereocenters. The van der Waals surface area contributed by atoms with E-state index in [9.17, 15) is 13.6 Å². The summed E-state index contributed by atoms with van der Waals surface area (Å²) in [6.45, 7) is 0.652. The van der Waals surface area contributed by atoms with Crippen LogP contribution >= 0.6 is 11.6 Å². The predicted octanol–water partition coefficient (Wildman–Crippen LogP) is 4.09. The van der Waals surface area contributed by atoms with Crippen LogP contribution in [0.1, 0.15) is 22.6 Å². The Morgan fingerprint density at radius 2 is 2.05 bits per heavy atom. The SMILES string of the molecule is O=C(Nc1ccc(F)c(F)c1)c1c(Cl)cc2n1CCC=C2. The number of nitrogens with zero attached hydrogens (tertiary/aromatic N) is 1. The number of amides is 1. The highest BCUT2D eigenvalue weighted by molar-refractivity contribution is 6.34. The highest BCUT2D eigenvalue weighted by atomic mass is 35.5. The van der Waals surface area contributed by atoms with E-state index in [2.05, 4.69) is 5.32 Å². The van der Waals surface area contributed by atoms with Gasteiger partial charge in [-0.2, -0.15) is 0 Å². The van der Waals surface area contributed by atoms with E-state index >= 15 is 0 Å². The summed E-state index contributed by atoms with van der Waals surface area (Å²) in [4.78, 5) is 12.3. The molecule has 0 saturated heterocycles. The van der Waals surface area contributed by atoms with Gasteiger partial charge in [-0.1, -0.05) is 17.7 Å². The van der Waals surface area contributed by atoms with Crippen molar-refractivity contribution in [3.8, 4) is 0 Å². The Morgan fingerprint density at radius 3 is 2.81 bits per heavy atom. The Balaban J connectivity index is 1.90. The standard InChI is InChI=1S/C15H11ClF2N2O/c16-11-8-10-3-1-2-6-20(10)14(11)15(21)19-9-4-5-12(17)13(18)7-9/h1,3-5,7-8H,2,6H2,(H,19,21). The number of rotatable bonds is 2. The molecule has 0 fully saturated rings. The minimum absolute atomic E-state index is 0.178. The zero-order valence-electron chi connectivity index (χ0n) is 10.9. The van der Waals surface area contributed by atoms with Crippen molar-refractivity contribution in [1.29, 1.82) is 0 Å². The van der Waals surface area contributed by atoms with Crippen LogP contribution in [0.15, 0.2) is 30.3 Å². The molecule has 0 bridgehead atoms. The number of anilines is 1. The van der Waals surface area contributed by atoms with Crippen LogP contribution in [0.5, 0.6) is 0 Å². The van der Waals surface area contributed by atoms with Gasteiger partial charge in [0.15, 0.2) is 11.6 Å². The molecule has 3 rings (SSSR count). The molecule has 0 unspecified atom stereocenters. The zero-order valence-corrected chi connectivity index (χ0v) is 11.6. The second-order valence-electron chi connectivity index (χ2n) is 4.69. The van der Waals surface area contributed by atoms with Crippen LogP contribution in [-0.4, -0.2) is 10.5 Å². The van der Waals surface area contributed by atoms with Gasteiger partial charge in [0.1, 0.15) is 5.69 Å². The Hall–Kier alpha value is -2.14. The summed E-state index contributed by atoms with van der Waals surface area (Å²) >= 11 is 6.10. The monoisotopic (exact) mass is 308 g/mol. The molecule has 108 valence electrons. The minimum atomic E-state index is -1.01. The molecule has 1 N–H and O–H groups in total. The molecule has 1 aromatic heterocycles. The van der Waals surface area contributed by atoms with Gasteiger partial charge in [0.05, 0.1) is 5.02 Å². The number of allylic oxidation sites excluding steroid dienone is 1. The lowest BCUT2D eigenvalue weighted by atomic mass is 10.2. The van der Waals surface area contributed by atoms with Crippen molar-refractivity contribution in [1.82, 2.24) is 4.57 Å². The van der Waals surface area contributed by atoms with Gasteiger partial charge in [-0.25, -0.2) is 8.78 Å². The number of carbonyl (C=O) groups excluding carboxylic acids is 1. The molecule has 0 aliphatic carbocycles. The largest absolute Gasteiger partial charge is 0.335 e. The van der Waals surface area contributed by atoms with Crippen LogP contribution < -0.4 is 5.32 Å². The predicted molar refractivity (Wildman–Crippen MR) is 77.4 cm³/mol. The number of fused-ring (bicyclic) bond motifs is 1. The maximum absolute atomic E-state index is 13.2. The van der Waals surface area contributed by atoms with Gasteiger partial charge in [-0.15, -0.1) is 0 Å². The normalized spacial score (nSPS) is 13.1. The summed E-state index contributed by atoms with van der Waals surface area (Å²) in [5.41, 5.74) is 1.35. The highest BCUT2D eigenvalue weighted by Crippen LogP contribution is 2.26. The van der Waals surface area contributed by atoms with Crippen molar-refractivity contribution in [2.75, 3.05) is 5.32 Å². The summed E-state index contributed by atoms with van der Waals surface area (Å²) in [5, 5.41) is 2.86. The van der Waals surface area contributed by atoms with Gasteiger partial charge in [-0.3, -0.25) is 4.79 Å². The van der Waals surface area contributed by atoms with Crippen molar-refractivity contribution in [2.45, 2.75) is 13.0 Å². The van der Waals surface area contributed by atoms with E-state index in [4.69, 9.17) is 11.6 Å². The molecule has 1 aromatic carbocycles. The van der Waals surface area contributed by atoms with Gasteiger partial charge in [0.25, 0.3) is 5.91 Å². The third kappa shape index (κ3) is 2.56. The molecule has 1 amide bonds. The third-order valence-electron chi connectivity index (χ3n) is 3.28. The van der Waals surface area contributed by atoms with Gasteiger partial charge in [-0.05, 0) is 30.7 Å². The number of benzene rings is 1. The van der Waals surface area contributed by atoms with Crippen LogP contribution in [0.2, 0.25) is 5.02 Å². The van der Waals surface area contributed by atoms with Crippen LogP contribution in [0.4, 0.5) is 14.5 Å². The van der Waals surface area contributed by atoms with E-state index in [1.807, 2.05) is 12.2 Å². The lowest BCUT2D eigenvalue weighted by Gasteiger charge is -2.14. The van der Waals surface area contributed by atoms with Crippen LogP contribution in [-0.2, 0) is 6.54 Å². The molecule has 0 saturated carbocycles. The Kier molecular flexibility index (Phi) is 3.51. The molecule has 6 heteroatoms. The number of aromatic nitrogens is 1. The van der Waals surface area contributed by atoms with E-state index in [1.165, 1.54) is 6.07 Å². The van der Waals surface area contributed by atoms with Crippen molar-refractivity contribution in [2.24, 2.45) is 0 Å². The first kappa shape index (κ1) is 13.8. The molecule has 0 spiro atoms. The quantitative estimate of drug-likeness (QED) is 0.891. The van der Waals surface area contributed by atoms with E-state index < -0.39 is 17.5 Å². The lowest BCUT2D eigenvalue weighted by molar-refractivity contribution is 0.101. The van der Waals surface area contributed by atoms with Gasteiger partial charge in [0.2, 0.25) is 0 Å². The fraction of sp³-hybridized carbons (Fsp3) is 0.133. The highest BCUT2D eigenvalue weighted by Gasteiger charge is 2.20. The molecule has 1 aliphatic heterocycles. The molecule has 3 nitrogen and oxygen atoms in total. The minimum Gasteiger partial charge on any atom is -0.335 e. The van der Waals surface area contributed by atoms with Crippen molar-refractivity contribution in [3.05, 3.63) is 58.4 Å². The number of hydrogen-bond donors (Lipinski definition) is 1. The average molecular weight is 309 g/mol. The Morgan fingerprint density at radius 1 is 1.24 bits per heavy atom. The molecule has 0 radical (unpaired) electrons. The van der Waals surface area contributed by atoms with E-state index in [-0.39, 0.29) is 5.69 Å². The first-order valence-corrected chi connectivity index (χ1v) is 6.76. The van der Waals surface area contributed by atoms with E-state index in [0.29, 0.717) is 17.3 Å². The summed E-state index contributed by atoms with van der Waals surface area (Å²) < 4.78 is 27.8.